The summed E-state index contributed by atoms with van der Waals surface area (Å²) in [6.45, 7) is 2.86. The van der Waals surface area contributed by atoms with E-state index in [0.29, 0.717) is 45.1 Å². The lowest BCUT2D eigenvalue weighted by Gasteiger charge is -2.28. The summed E-state index contributed by atoms with van der Waals surface area (Å²) in [5, 5.41) is 3.14. The van der Waals surface area contributed by atoms with Gasteiger partial charge < -0.3 is 19.5 Å². The average molecular weight is 384 g/mol. The van der Waals surface area contributed by atoms with E-state index < -0.39 is 0 Å². The van der Waals surface area contributed by atoms with Gasteiger partial charge in [0.05, 0.1) is 24.2 Å². The minimum atomic E-state index is -0.133. The summed E-state index contributed by atoms with van der Waals surface area (Å²) in [6.07, 6.45) is 6.04. The Morgan fingerprint density at radius 3 is 2.68 bits per heavy atom. The van der Waals surface area contributed by atoms with Gasteiger partial charge in [-0.25, -0.2) is 4.98 Å². The number of anilines is 1. The van der Waals surface area contributed by atoms with E-state index in [2.05, 4.69) is 10.3 Å². The molecule has 2 aromatic rings. The predicted octanol–water partition coefficient (Wildman–Crippen LogP) is 2.07. The molecule has 1 aromatic heterocycles. The maximum atomic E-state index is 13.2. The molecular weight excluding hydrogens is 356 g/mol. The van der Waals surface area contributed by atoms with E-state index in [4.69, 9.17) is 4.74 Å². The number of aryl methyl sites for hydroxylation is 1. The molecular formula is C21H28N4O3. The lowest BCUT2D eigenvalue weighted by Crippen LogP contribution is -2.42. The van der Waals surface area contributed by atoms with Crippen molar-refractivity contribution in [2.45, 2.75) is 51.1 Å². The predicted molar refractivity (Wildman–Crippen MR) is 109 cm³/mol. The molecule has 0 atom stereocenters. The SMILES string of the molecule is O=C(CCn1c(=O)c(N2CCOCC2)nc2ccccc21)NC1CCCCC1. The molecule has 150 valence electrons. The molecule has 1 saturated carbocycles. The molecule has 2 fully saturated rings. The van der Waals surface area contributed by atoms with Crippen LogP contribution < -0.4 is 15.8 Å². The van der Waals surface area contributed by atoms with E-state index in [0.717, 1.165) is 23.9 Å². The van der Waals surface area contributed by atoms with Crippen LogP contribution in [0.15, 0.2) is 29.1 Å². The van der Waals surface area contributed by atoms with Crippen LogP contribution in [-0.2, 0) is 16.1 Å². The van der Waals surface area contributed by atoms with Gasteiger partial charge in [-0.05, 0) is 25.0 Å². The molecule has 1 aliphatic heterocycles. The maximum absolute atomic E-state index is 13.2. The van der Waals surface area contributed by atoms with Crippen molar-refractivity contribution >= 4 is 22.8 Å². The van der Waals surface area contributed by atoms with Crippen molar-refractivity contribution in [1.82, 2.24) is 14.9 Å². The fourth-order valence-electron chi connectivity index (χ4n) is 4.14. The number of benzene rings is 1. The fraction of sp³-hybridized carbons (Fsp3) is 0.571. The number of nitrogens with zero attached hydrogens (tertiary/aromatic N) is 3. The summed E-state index contributed by atoms with van der Waals surface area (Å²) >= 11 is 0. The molecule has 7 nitrogen and oxygen atoms in total. The van der Waals surface area contributed by atoms with Crippen LogP contribution in [-0.4, -0.2) is 47.8 Å². The highest BCUT2D eigenvalue weighted by atomic mass is 16.5. The quantitative estimate of drug-likeness (QED) is 0.854. The first kappa shape index (κ1) is 18.9. The molecule has 1 aromatic carbocycles. The highest BCUT2D eigenvalue weighted by molar-refractivity contribution is 5.78. The zero-order chi connectivity index (χ0) is 19.3. The first-order valence-corrected chi connectivity index (χ1v) is 10.3. The Morgan fingerprint density at radius 1 is 1.14 bits per heavy atom. The molecule has 0 radical (unpaired) electrons. The van der Waals surface area contributed by atoms with Crippen molar-refractivity contribution in [3.63, 3.8) is 0 Å². The molecule has 0 bridgehead atoms. The summed E-state index contributed by atoms with van der Waals surface area (Å²) in [5.41, 5.74) is 1.41. The second kappa shape index (κ2) is 8.73. The number of para-hydroxylation sites is 2. The van der Waals surface area contributed by atoms with E-state index in [1.807, 2.05) is 29.2 Å². The minimum absolute atomic E-state index is 0.0209. The highest BCUT2D eigenvalue weighted by Crippen LogP contribution is 2.18. The fourth-order valence-corrected chi connectivity index (χ4v) is 4.14. The Morgan fingerprint density at radius 2 is 1.89 bits per heavy atom. The van der Waals surface area contributed by atoms with Crippen molar-refractivity contribution in [2.75, 3.05) is 31.2 Å². The van der Waals surface area contributed by atoms with E-state index in [9.17, 15) is 9.59 Å². The number of rotatable bonds is 5. The zero-order valence-electron chi connectivity index (χ0n) is 16.2. The molecule has 28 heavy (non-hydrogen) atoms. The van der Waals surface area contributed by atoms with Crippen molar-refractivity contribution in [3.8, 4) is 0 Å². The molecule has 1 saturated heterocycles. The van der Waals surface area contributed by atoms with Crippen molar-refractivity contribution in [1.29, 1.82) is 0 Å². The molecule has 1 aliphatic carbocycles. The lowest BCUT2D eigenvalue weighted by atomic mass is 9.95. The maximum Gasteiger partial charge on any atom is 0.294 e. The molecule has 4 rings (SSSR count). The summed E-state index contributed by atoms with van der Waals surface area (Å²) < 4.78 is 7.10. The monoisotopic (exact) mass is 384 g/mol. The second-order valence-corrected chi connectivity index (χ2v) is 7.63. The largest absolute Gasteiger partial charge is 0.378 e. The normalized spacial score (nSPS) is 18.4. The Kier molecular flexibility index (Phi) is 5.90. The smallest absolute Gasteiger partial charge is 0.294 e. The van der Waals surface area contributed by atoms with Crippen LogP contribution >= 0.6 is 0 Å². The van der Waals surface area contributed by atoms with Gasteiger partial charge in [-0.1, -0.05) is 31.4 Å². The Balaban J connectivity index is 1.55. The van der Waals surface area contributed by atoms with Crippen LogP contribution in [0.4, 0.5) is 5.82 Å². The molecule has 0 spiro atoms. The Hall–Kier alpha value is -2.41. The molecule has 1 amide bonds. The lowest BCUT2D eigenvalue weighted by molar-refractivity contribution is -0.122. The van der Waals surface area contributed by atoms with Crippen LogP contribution in [0.1, 0.15) is 38.5 Å². The third-order valence-corrected chi connectivity index (χ3v) is 5.68. The van der Waals surface area contributed by atoms with Crippen LogP contribution in [0.2, 0.25) is 0 Å². The van der Waals surface area contributed by atoms with Gasteiger partial charge in [0.15, 0.2) is 5.82 Å². The number of hydrogen-bond donors (Lipinski definition) is 1. The minimum Gasteiger partial charge on any atom is -0.378 e. The average Bonchev–Trinajstić information content (AvgIpc) is 2.74. The van der Waals surface area contributed by atoms with Gasteiger partial charge in [0.25, 0.3) is 5.56 Å². The van der Waals surface area contributed by atoms with Crippen LogP contribution in [0.5, 0.6) is 0 Å². The van der Waals surface area contributed by atoms with Crippen LogP contribution in [0.3, 0.4) is 0 Å². The van der Waals surface area contributed by atoms with Crippen molar-refractivity contribution in [2.24, 2.45) is 0 Å². The van der Waals surface area contributed by atoms with Gasteiger partial charge in [-0.2, -0.15) is 0 Å². The molecule has 1 N–H and O–H groups in total. The summed E-state index contributed by atoms with van der Waals surface area (Å²) in [6, 6.07) is 7.92. The number of aromatic nitrogens is 2. The van der Waals surface area contributed by atoms with Crippen LogP contribution in [0.25, 0.3) is 11.0 Å². The molecule has 2 heterocycles. The topological polar surface area (TPSA) is 76.5 Å². The molecule has 7 heteroatoms. The van der Waals surface area contributed by atoms with E-state index in [1.54, 1.807) is 4.57 Å². The highest BCUT2D eigenvalue weighted by Gasteiger charge is 2.20. The summed E-state index contributed by atoms with van der Waals surface area (Å²) in [4.78, 5) is 32.2. The van der Waals surface area contributed by atoms with Crippen LogP contribution in [0, 0.1) is 0 Å². The Labute approximate surface area is 164 Å². The van der Waals surface area contributed by atoms with Gasteiger partial charge in [-0.3, -0.25) is 9.59 Å². The van der Waals surface area contributed by atoms with Crippen molar-refractivity contribution < 1.29 is 9.53 Å². The van der Waals surface area contributed by atoms with E-state index in [-0.39, 0.29) is 17.5 Å². The van der Waals surface area contributed by atoms with E-state index in [1.165, 1.54) is 19.3 Å². The van der Waals surface area contributed by atoms with Gasteiger partial charge >= 0.3 is 0 Å². The number of nitrogens with one attached hydrogen (secondary N) is 1. The zero-order valence-corrected chi connectivity index (χ0v) is 16.2. The summed E-state index contributed by atoms with van der Waals surface area (Å²) in [5.74, 6) is 0.474. The van der Waals surface area contributed by atoms with Gasteiger partial charge in [0.2, 0.25) is 5.91 Å². The third kappa shape index (κ3) is 4.19. The Bertz CT molecular complexity index is 883. The molecule has 0 unspecified atom stereocenters. The van der Waals surface area contributed by atoms with Gasteiger partial charge in [0.1, 0.15) is 0 Å². The number of ether oxygens (including phenoxy) is 1. The number of fused-ring (bicyclic) bond motifs is 1. The number of hydrogen-bond acceptors (Lipinski definition) is 5. The molecule has 2 aliphatic rings. The first-order chi connectivity index (χ1) is 13.7. The van der Waals surface area contributed by atoms with Crippen molar-refractivity contribution in [3.05, 3.63) is 34.6 Å². The van der Waals surface area contributed by atoms with E-state index >= 15 is 0 Å². The second-order valence-electron chi connectivity index (χ2n) is 7.63. The number of carbonyl (C=O) groups excluding carboxylic acids is 1. The first-order valence-electron chi connectivity index (χ1n) is 10.3. The third-order valence-electron chi connectivity index (χ3n) is 5.68. The number of carbonyl (C=O) groups is 1. The number of amides is 1. The number of morpholine rings is 1. The standard InChI is InChI=1S/C21H28N4O3/c26-19(22-16-6-2-1-3-7-16)10-11-25-18-9-5-4-8-17(18)23-20(21(25)27)24-12-14-28-15-13-24/h4-5,8-9,16H,1-3,6-7,10-15H2,(H,22,26). The summed E-state index contributed by atoms with van der Waals surface area (Å²) in [7, 11) is 0. The van der Waals surface area contributed by atoms with Gasteiger partial charge in [0, 0.05) is 32.1 Å². The van der Waals surface area contributed by atoms with Gasteiger partial charge in [-0.15, -0.1) is 0 Å².